The molecule has 1 N–H and O–H groups in total. The summed E-state index contributed by atoms with van der Waals surface area (Å²) in [5.74, 6) is 0.709. The standard InChI is InChI=1S/C15H19BrN2O/c16-13-4-3-12-10-18(17-15(12)9-13)14-5-1-11(2-6-14)7-8-19/h3-4,9-11,14,19H,1-2,5-8H2/t11-,14-. The molecule has 0 spiro atoms. The van der Waals surface area contributed by atoms with Gasteiger partial charge in [0.2, 0.25) is 0 Å². The van der Waals surface area contributed by atoms with Crippen molar-refractivity contribution >= 4 is 26.8 Å². The SMILES string of the molecule is OCC[C@H]1CC[C@H](n2cc3ccc(Br)cc3n2)CC1. The topological polar surface area (TPSA) is 38.0 Å². The van der Waals surface area contributed by atoms with Crippen molar-refractivity contribution in [1.82, 2.24) is 9.78 Å². The lowest BCUT2D eigenvalue weighted by molar-refractivity contribution is 0.202. The Balaban J connectivity index is 1.74. The maximum absolute atomic E-state index is 9.00. The number of hydrogen-bond donors (Lipinski definition) is 1. The molecule has 1 aliphatic rings. The van der Waals surface area contributed by atoms with E-state index in [-0.39, 0.29) is 0 Å². The van der Waals surface area contributed by atoms with Crippen molar-refractivity contribution in [3.8, 4) is 0 Å². The molecule has 0 bridgehead atoms. The Kier molecular flexibility index (Phi) is 3.89. The number of rotatable bonds is 3. The second-order valence-electron chi connectivity index (χ2n) is 5.50. The molecule has 1 fully saturated rings. The Hall–Kier alpha value is -0.870. The molecule has 4 heteroatoms. The van der Waals surface area contributed by atoms with Gasteiger partial charge in [-0.15, -0.1) is 0 Å². The van der Waals surface area contributed by atoms with Gasteiger partial charge in [-0.2, -0.15) is 5.10 Å². The van der Waals surface area contributed by atoms with E-state index in [1.807, 2.05) is 0 Å². The minimum atomic E-state index is 0.328. The molecule has 1 aromatic heterocycles. The molecule has 2 aromatic rings. The summed E-state index contributed by atoms with van der Waals surface area (Å²) in [6.07, 6.45) is 7.91. The van der Waals surface area contributed by atoms with Crippen LogP contribution in [-0.2, 0) is 0 Å². The first-order chi connectivity index (χ1) is 9.26. The molecular weight excluding hydrogens is 304 g/mol. The Morgan fingerprint density at radius 1 is 1.26 bits per heavy atom. The van der Waals surface area contributed by atoms with Crippen molar-refractivity contribution in [3.63, 3.8) is 0 Å². The van der Waals surface area contributed by atoms with Gasteiger partial charge in [0.05, 0.1) is 11.6 Å². The number of aromatic nitrogens is 2. The van der Waals surface area contributed by atoms with Crippen LogP contribution in [0.25, 0.3) is 10.9 Å². The van der Waals surface area contributed by atoms with E-state index >= 15 is 0 Å². The molecule has 1 heterocycles. The molecule has 0 unspecified atom stereocenters. The zero-order valence-corrected chi connectivity index (χ0v) is 12.5. The third kappa shape index (κ3) is 2.84. The number of nitrogens with zero attached hydrogens (tertiary/aromatic N) is 2. The molecule has 0 saturated heterocycles. The van der Waals surface area contributed by atoms with E-state index in [1.54, 1.807) is 0 Å². The highest BCUT2D eigenvalue weighted by atomic mass is 79.9. The molecule has 0 aliphatic heterocycles. The monoisotopic (exact) mass is 322 g/mol. The van der Waals surface area contributed by atoms with Crippen LogP contribution < -0.4 is 0 Å². The molecule has 1 aromatic carbocycles. The lowest BCUT2D eigenvalue weighted by Gasteiger charge is -2.28. The van der Waals surface area contributed by atoms with E-state index in [0.29, 0.717) is 18.6 Å². The molecule has 1 saturated carbocycles. The lowest BCUT2D eigenvalue weighted by Crippen LogP contribution is -2.19. The molecule has 0 atom stereocenters. The molecule has 3 rings (SSSR count). The summed E-state index contributed by atoms with van der Waals surface area (Å²) in [6.45, 7) is 0.328. The zero-order valence-electron chi connectivity index (χ0n) is 10.9. The van der Waals surface area contributed by atoms with Gasteiger partial charge in [-0.1, -0.05) is 22.0 Å². The van der Waals surface area contributed by atoms with Crippen LogP contribution in [0.4, 0.5) is 0 Å². The average molecular weight is 323 g/mol. The van der Waals surface area contributed by atoms with Gasteiger partial charge in [-0.25, -0.2) is 0 Å². The van der Waals surface area contributed by atoms with Gasteiger partial charge < -0.3 is 5.11 Å². The van der Waals surface area contributed by atoms with Crippen molar-refractivity contribution in [1.29, 1.82) is 0 Å². The number of hydrogen-bond acceptors (Lipinski definition) is 2. The van der Waals surface area contributed by atoms with E-state index in [9.17, 15) is 0 Å². The van der Waals surface area contributed by atoms with Crippen molar-refractivity contribution in [3.05, 3.63) is 28.9 Å². The van der Waals surface area contributed by atoms with Gasteiger partial charge in [0.15, 0.2) is 0 Å². The van der Waals surface area contributed by atoms with Crippen molar-refractivity contribution in [2.24, 2.45) is 5.92 Å². The normalized spacial score (nSPS) is 23.9. The maximum atomic E-state index is 9.00. The van der Waals surface area contributed by atoms with Crippen LogP contribution in [0.15, 0.2) is 28.9 Å². The quantitative estimate of drug-likeness (QED) is 0.930. The molecule has 0 radical (unpaired) electrons. The molecule has 3 nitrogen and oxygen atoms in total. The Morgan fingerprint density at radius 2 is 2.05 bits per heavy atom. The summed E-state index contributed by atoms with van der Waals surface area (Å²) in [5.41, 5.74) is 1.06. The van der Waals surface area contributed by atoms with Gasteiger partial charge >= 0.3 is 0 Å². The molecular formula is C15H19BrN2O. The fourth-order valence-corrected chi connectivity index (χ4v) is 3.43. The van der Waals surface area contributed by atoms with Crippen LogP contribution in [0.1, 0.15) is 38.1 Å². The second-order valence-corrected chi connectivity index (χ2v) is 6.41. The van der Waals surface area contributed by atoms with Crippen LogP contribution in [0.2, 0.25) is 0 Å². The number of fused-ring (bicyclic) bond motifs is 1. The fraction of sp³-hybridized carbons (Fsp3) is 0.533. The van der Waals surface area contributed by atoms with Crippen molar-refractivity contribution in [2.45, 2.75) is 38.1 Å². The lowest BCUT2D eigenvalue weighted by atomic mass is 9.84. The van der Waals surface area contributed by atoms with Gasteiger partial charge in [-0.05, 0) is 50.2 Å². The Bertz CT molecular complexity index is 558. The predicted molar refractivity (Wildman–Crippen MR) is 80.1 cm³/mol. The zero-order chi connectivity index (χ0) is 13.2. The Labute approximate surface area is 121 Å². The van der Waals surface area contributed by atoms with Gasteiger partial charge in [-0.3, -0.25) is 4.68 Å². The number of benzene rings is 1. The van der Waals surface area contributed by atoms with Crippen LogP contribution in [0.5, 0.6) is 0 Å². The van der Waals surface area contributed by atoms with Crippen LogP contribution in [0, 0.1) is 5.92 Å². The summed E-state index contributed by atoms with van der Waals surface area (Å²) >= 11 is 3.49. The van der Waals surface area contributed by atoms with E-state index in [1.165, 1.54) is 31.1 Å². The van der Waals surface area contributed by atoms with E-state index in [4.69, 9.17) is 10.2 Å². The third-order valence-corrected chi connectivity index (χ3v) is 4.71. The fourth-order valence-electron chi connectivity index (χ4n) is 3.08. The van der Waals surface area contributed by atoms with Crippen molar-refractivity contribution in [2.75, 3.05) is 6.61 Å². The van der Waals surface area contributed by atoms with Gasteiger partial charge in [0, 0.05) is 22.7 Å². The second kappa shape index (κ2) is 5.63. The molecule has 102 valence electrons. The largest absolute Gasteiger partial charge is 0.396 e. The van der Waals surface area contributed by atoms with Crippen LogP contribution >= 0.6 is 15.9 Å². The van der Waals surface area contributed by atoms with E-state index in [2.05, 4.69) is 45.0 Å². The first-order valence-electron chi connectivity index (χ1n) is 7.01. The van der Waals surface area contributed by atoms with Crippen molar-refractivity contribution < 1.29 is 5.11 Å². The summed E-state index contributed by atoms with van der Waals surface area (Å²) in [7, 11) is 0. The van der Waals surface area contributed by atoms with Crippen LogP contribution in [0.3, 0.4) is 0 Å². The predicted octanol–water partition coefficient (Wildman–Crippen LogP) is 3.91. The summed E-state index contributed by atoms with van der Waals surface area (Å²) in [6, 6.07) is 6.77. The van der Waals surface area contributed by atoms with E-state index < -0.39 is 0 Å². The maximum Gasteiger partial charge on any atom is 0.0934 e. The number of aliphatic hydroxyl groups is 1. The van der Waals surface area contributed by atoms with Crippen LogP contribution in [-0.4, -0.2) is 21.5 Å². The first-order valence-corrected chi connectivity index (χ1v) is 7.81. The average Bonchev–Trinajstić information content (AvgIpc) is 2.83. The minimum absolute atomic E-state index is 0.328. The molecule has 0 amide bonds. The number of aliphatic hydroxyl groups excluding tert-OH is 1. The Morgan fingerprint density at radius 3 is 2.79 bits per heavy atom. The highest BCUT2D eigenvalue weighted by Crippen LogP contribution is 2.34. The molecule has 19 heavy (non-hydrogen) atoms. The first kappa shape index (κ1) is 13.1. The minimum Gasteiger partial charge on any atom is -0.396 e. The van der Waals surface area contributed by atoms with Gasteiger partial charge in [0.25, 0.3) is 0 Å². The smallest absolute Gasteiger partial charge is 0.0934 e. The van der Waals surface area contributed by atoms with Gasteiger partial charge in [0.1, 0.15) is 0 Å². The highest BCUT2D eigenvalue weighted by Gasteiger charge is 2.22. The molecule has 1 aliphatic carbocycles. The summed E-state index contributed by atoms with van der Waals surface area (Å²) < 4.78 is 3.23. The summed E-state index contributed by atoms with van der Waals surface area (Å²) in [5, 5.41) is 14.9. The summed E-state index contributed by atoms with van der Waals surface area (Å²) in [4.78, 5) is 0. The number of halogens is 1. The van der Waals surface area contributed by atoms with E-state index in [0.717, 1.165) is 16.4 Å². The third-order valence-electron chi connectivity index (χ3n) is 4.21. The highest BCUT2D eigenvalue weighted by molar-refractivity contribution is 9.10.